The lowest BCUT2D eigenvalue weighted by Gasteiger charge is -2.14. The van der Waals surface area contributed by atoms with E-state index in [0.29, 0.717) is 22.6 Å². The van der Waals surface area contributed by atoms with Crippen LogP contribution < -0.4 is 0 Å². The Morgan fingerprint density at radius 2 is 2.00 bits per heavy atom. The molecule has 0 saturated carbocycles. The van der Waals surface area contributed by atoms with E-state index in [1.54, 1.807) is 29.6 Å². The lowest BCUT2D eigenvalue weighted by molar-refractivity contribution is 0.101. The molecule has 7 nitrogen and oxygen atoms in total. The highest BCUT2D eigenvalue weighted by atomic mass is 16.1. The molecule has 2 aromatic carbocycles. The van der Waals surface area contributed by atoms with Crippen LogP contribution in [0.1, 0.15) is 22.8 Å². The summed E-state index contributed by atoms with van der Waals surface area (Å²) < 4.78 is 0. The molecule has 0 amide bonds. The normalized spacial score (nSPS) is 11.0. The number of fused-ring (bicyclic) bond motifs is 1. The zero-order valence-corrected chi connectivity index (χ0v) is 17.4. The first-order valence-electron chi connectivity index (χ1n) is 9.67. The van der Waals surface area contributed by atoms with Gasteiger partial charge >= 0.3 is 0 Å². The Bertz CT molecular complexity index is 1360. The Hall–Kier alpha value is -4.31. The lowest BCUT2D eigenvalue weighted by Crippen LogP contribution is -2.08. The number of hydrogen-bond donors (Lipinski definition) is 1. The molecule has 0 aliphatic rings. The van der Waals surface area contributed by atoms with E-state index in [1.807, 2.05) is 50.5 Å². The topological polar surface area (TPSA) is 98.0 Å². The van der Waals surface area contributed by atoms with Gasteiger partial charge in [0, 0.05) is 30.6 Å². The van der Waals surface area contributed by atoms with Crippen LogP contribution in [0.4, 0.5) is 5.82 Å². The first kappa shape index (κ1) is 20.0. The number of nitrogens with one attached hydrogen (secondary N) is 1. The number of Topliss-reactive ketones (excluding diaryl/α,β-unsaturated/α-hetero) is 1. The molecule has 0 spiro atoms. The molecule has 0 radical (unpaired) electrons. The van der Waals surface area contributed by atoms with Crippen molar-refractivity contribution < 1.29 is 4.79 Å². The maximum atomic E-state index is 12.4. The van der Waals surface area contributed by atoms with Gasteiger partial charge in [0.2, 0.25) is 0 Å². The molecule has 0 fully saturated rings. The van der Waals surface area contributed by atoms with E-state index in [2.05, 4.69) is 21.3 Å². The fraction of sp³-hybridized carbons (Fsp3) is 0.125. The quantitative estimate of drug-likeness (QED) is 0.296. The van der Waals surface area contributed by atoms with Crippen molar-refractivity contribution in [2.45, 2.75) is 6.92 Å². The minimum atomic E-state index is -0.124. The Labute approximate surface area is 179 Å². The smallest absolute Gasteiger partial charge is 0.165 e. The molecule has 0 atom stereocenters. The summed E-state index contributed by atoms with van der Waals surface area (Å²) in [6.07, 6.45) is 3.37. The third-order valence-corrected chi connectivity index (χ3v) is 4.81. The molecule has 4 rings (SSSR count). The molecule has 0 aliphatic heterocycles. The van der Waals surface area contributed by atoms with Crippen molar-refractivity contribution in [1.82, 2.24) is 20.1 Å². The highest BCUT2D eigenvalue weighted by Gasteiger charge is 2.18. The van der Waals surface area contributed by atoms with Gasteiger partial charge < -0.3 is 4.90 Å². The highest BCUT2D eigenvalue weighted by Crippen LogP contribution is 2.36. The highest BCUT2D eigenvalue weighted by molar-refractivity contribution is 6.01. The van der Waals surface area contributed by atoms with Crippen molar-refractivity contribution in [1.29, 1.82) is 5.26 Å². The van der Waals surface area contributed by atoms with E-state index in [1.165, 1.54) is 6.92 Å². The van der Waals surface area contributed by atoms with E-state index in [4.69, 9.17) is 4.98 Å². The van der Waals surface area contributed by atoms with E-state index in [0.717, 1.165) is 27.6 Å². The van der Waals surface area contributed by atoms with Gasteiger partial charge in [-0.05, 0) is 42.8 Å². The van der Waals surface area contributed by atoms with Crippen LogP contribution in [0.15, 0.2) is 59.7 Å². The number of aliphatic imine (C=N–C) groups is 1. The van der Waals surface area contributed by atoms with Crippen LogP contribution in [0.5, 0.6) is 0 Å². The number of benzene rings is 2. The maximum absolute atomic E-state index is 12.4. The molecule has 31 heavy (non-hydrogen) atoms. The first-order chi connectivity index (χ1) is 15.0. The number of pyridine rings is 1. The zero-order chi connectivity index (χ0) is 22.0. The van der Waals surface area contributed by atoms with Gasteiger partial charge in [0.1, 0.15) is 0 Å². The SMILES string of the molecule is CC(=O)c1cc(-c2ccc3[nH]ncc3c2)c(-c2cccc(C#N)c2)nc1/N=C/N(C)C. The fourth-order valence-electron chi connectivity index (χ4n) is 3.32. The Morgan fingerprint density at radius 3 is 2.74 bits per heavy atom. The van der Waals surface area contributed by atoms with Crippen LogP contribution in [0, 0.1) is 11.3 Å². The standard InChI is InChI=1S/C24H20N6O/c1-15(31)20-11-21(17-7-8-22-19(10-17)13-27-29-22)23(28-24(20)26-14-30(2)3)18-6-4-5-16(9-18)12-25/h4-11,13-14H,1-3H3,(H,27,29)/b26-14+. The number of carbonyl (C=O) groups is 1. The van der Waals surface area contributed by atoms with Gasteiger partial charge in [0.15, 0.2) is 11.6 Å². The zero-order valence-electron chi connectivity index (χ0n) is 17.4. The van der Waals surface area contributed by atoms with Gasteiger partial charge in [-0.15, -0.1) is 0 Å². The molecule has 1 N–H and O–H groups in total. The number of carbonyl (C=O) groups excluding carboxylic acids is 1. The van der Waals surface area contributed by atoms with Crippen LogP contribution in [0.2, 0.25) is 0 Å². The first-order valence-corrected chi connectivity index (χ1v) is 9.67. The number of nitriles is 1. The van der Waals surface area contributed by atoms with Crippen molar-refractivity contribution in [3.63, 3.8) is 0 Å². The van der Waals surface area contributed by atoms with Gasteiger partial charge in [-0.25, -0.2) is 9.98 Å². The molecule has 0 bridgehead atoms. The second kappa shape index (κ2) is 8.20. The Balaban J connectivity index is 2.01. The van der Waals surface area contributed by atoms with Crippen LogP contribution >= 0.6 is 0 Å². The molecule has 152 valence electrons. The number of nitrogens with zero attached hydrogens (tertiary/aromatic N) is 5. The van der Waals surface area contributed by atoms with Crippen molar-refractivity contribution in [2.75, 3.05) is 14.1 Å². The summed E-state index contributed by atoms with van der Waals surface area (Å²) in [4.78, 5) is 23.4. The average Bonchev–Trinajstić information content (AvgIpc) is 3.25. The summed E-state index contributed by atoms with van der Waals surface area (Å²) in [5.74, 6) is 0.216. The average molecular weight is 408 g/mol. The molecular weight excluding hydrogens is 388 g/mol. The molecular formula is C24H20N6O. The van der Waals surface area contributed by atoms with Gasteiger partial charge in [-0.3, -0.25) is 9.89 Å². The molecule has 0 saturated heterocycles. The molecule has 4 aromatic rings. The third kappa shape index (κ3) is 4.05. The molecule has 0 aliphatic carbocycles. The number of aromatic amines is 1. The number of rotatable bonds is 5. The number of ketones is 1. The van der Waals surface area contributed by atoms with Gasteiger partial charge in [0.25, 0.3) is 0 Å². The van der Waals surface area contributed by atoms with E-state index in [9.17, 15) is 10.1 Å². The van der Waals surface area contributed by atoms with Gasteiger partial charge in [0.05, 0.1) is 40.9 Å². The van der Waals surface area contributed by atoms with E-state index >= 15 is 0 Å². The van der Waals surface area contributed by atoms with Crippen molar-refractivity contribution >= 4 is 28.8 Å². The molecule has 2 heterocycles. The van der Waals surface area contributed by atoms with Crippen LogP contribution in [0.25, 0.3) is 33.3 Å². The Kier molecular flexibility index (Phi) is 5.29. The van der Waals surface area contributed by atoms with E-state index < -0.39 is 0 Å². The summed E-state index contributed by atoms with van der Waals surface area (Å²) in [5.41, 5.74) is 4.99. The molecule has 7 heteroatoms. The van der Waals surface area contributed by atoms with Gasteiger partial charge in [-0.1, -0.05) is 18.2 Å². The monoisotopic (exact) mass is 408 g/mol. The minimum absolute atomic E-state index is 0.124. The molecule has 0 unspecified atom stereocenters. The summed E-state index contributed by atoms with van der Waals surface area (Å²) in [6, 6.07) is 17.2. The largest absolute Gasteiger partial charge is 0.369 e. The molecule has 2 aromatic heterocycles. The Morgan fingerprint density at radius 1 is 1.16 bits per heavy atom. The second-order valence-corrected chi connectivity index (χ2v) is 7.38. The summed E-state index contributed by atoms with van der Waals surface area (Å²) in [7, 11) is 3.70. The van der Waals surface area contributed by atoms with Crippen LogP contribution in [-0.4, -0.2) is 46.3 Å². The number of aromatic nitrogens is 3. The van der Waals surface area contributed by atoms with Crippen LogP contribution in [-0.2, 0) is 0 Å². The maximum Gasteiger partial charge on any atom is 0.165 e. The minimum Gasteiger partial charge on any atom is -0.369 e. The van der Waals surface area contributed by atoms with Crippen LogP contribution in [0.3, 0.4) is 0 Å². The second-order valence-electron chi connectivity index (χ2n) is 7.38. The predicted molar refractivity (Wildman–Crippen MR) is 121 cm³/mol. The summed E-state index contributed by atoms with van der Waals surface area (Å²) in [5, 5.41) is 17.3. The number of hydrogen-bond acceptors (Lipinski definition) is 5. The van der Waals surface area contributed by atoms with Crippen molar-refractivity contribution in [3.8, 4) is 28.5 Å². The van der Waals surface area contributed by atoms with Crippen molar-refractivity contribution in [3.05, 3.63) is 65.9 Å². The summed E-state index contributed by atoms with van der Waals surface area (Å²) in [6.45, 7) is 1.50. The van der Waals surface area contributed by atoms with E-state index in [-0.39, 0.29) is 5.78 Å². The third-order valence-electron chi connectivity index (χ3n) is 4.81. The number of H-pyrrole nitrogens is 1. The van der Waals surface area contributed by atoms with Crippen molar-refractivity contribution in [2.24, 2.45) is 4.99 Å². The van der Waals surface area contributed by atoms with Gasteiger partial charge in [-0.2, -0.15) is 10.4 Å². The lowest BCUT2D eigenvalue weighted by atomic mass is 9.95. The summed E-state index contributed by atoms with van der Waals surface area (Å²) >= 11 is 0. The predicted octanol–water partition coefficient (Wildman–Crippen LogP) is 4.59. The fourth-order valence-corrected chi connectivity index (χ4v) is 3.32.